The highest BCUT2D eigenvalue weighted by Crippen LogP contribution is 2.22. The number of nitriles is 1. The lowest BCUT2D eigenvalue weighted by atomic mass is 10.0. The first-order valence-corrected chi connectivity index (χ1v) is 3.97. The van der Waals surface area contributed by atoms with Gasteiger partial charge in [-0.25, -0.2) is 4.39 Å². The molecule has 1 rings (SSSR count). The fraction of sp³-hybridized carbons (Fsp3) is 0.300. The highest BCUT2D eigenvalue weighted by molar-refractivity contribution is 5.29. The molecule has 0 fully saturated rings. The van der Waals surface area contributed by atoms with E-state index in [4.69, 9.17) is 5.26 Å². The Bertz CT molecular complexity index is 323. The van der Waals surface area contributed by atoms with Crippen molar-refractivity contribution in [2.75, 3.05) is 0 Å². The van der Waals surface area contributed by atoms with Crippen LogP contribution in [0.3, 0.4) is 0 Å². The Balaban J connectivity index is 3.06. The predicted octanol–water partition coefficient (Wildman–Crippen LogP) is 2.08. The molecule has 1 aromatic carbocycles. The van der Waals surface area contributed by atoms with Gasteiger partial charge >= 0.3 is 0 Å². The lowest BCUT2D eigenvalue weighted by molar-refractivity contribution is 0.177. The van der Waals surface area contributed by atoms with Crippen molar-refractivity contribution >= 4 is 0 Å². The second kappa shape index (κ2) is 4.01. The number of halogens is 1. The van der Waals surface area contributed by atoms with E-state index < -0.39 is 11.9 Å². The molecule has 1 atom stereocenters. The van der Waals surface area contributed by atoms with Gasteiger partial charge in [0.2, 0.25) is 0 Å². The van der Waals surface area contributed by atoms with Crippen molar-refractivity contribution in [3.8, 4) is 6.07 Å². The molecule has 0 saturated carbocycles. The van der Waals surface area contributed by atoms with E-state index in [1.807, 2.05) is 0 Å². The molecule has 2 nitrogen and oxygen atoms in total. The molecule has 68 valence electrons. The highest BCUT2D eigenvalue weighted by atomic mass is 19.1. The van der Waals surface area contributed by atoms with E-state index in [1.54, 1.807) is 25.1 Å². The van der Waals surface area contributed by atoms with Crippen LogP contribution in [0, 0.1) is 24.1 Å². The molecular formula is C10H10FNO. The normalized spacial score (nSPS) is 12.2. The van der Waals surface area contributed by atoms with Crippen LogP contribution in [0.2, 0.25) is 0 Å². The molecule has 0 aliphatic heterocycles. The van der Waals surface area contributed by atoms with Gasteiger partial charge in [-0.1, -0.05) is 12.1 Å². The van der Waals surface area contributed by atoms with E-state index in [-0.39, 0.29) is 12.0 Å². The third kappa shape index (κ3) is 2.04. The monoisotopic (exact) mass is 179 g/mol. The smallest absolute Gasteiger partial charge is 0.129 e. The zero-order chi connectivity index (χ0) is 9.84. The molecule has 1 aromatic rings. The number of benzene rings is 1. The van der Waals surface area contributed by atoms with E-state index in [2.05, 4.69) is 0 Å². The van der Waals surface area contributed by atoms with E-state index in [0.717, 1.165) is 0 Å². The average molecular weight is 179 g/mol. The van der Waals surface area contributed by atoms with Crippen LogP contribution in [0.5, 0.6) is 0 Å². The SMILES string of the molecule is Cc1cccc(F)c1C(O)CC#N. The number of aryl methyl sites for hydroxylation is 1. The predicted molar refractivity (Wildman–Crippen MR) is 46.3 cm³/mol. The van der Waals surface area contributed by atoms with E-state index >= 15 is 0 Å². The van der Waals surface area contributed by atoms with Crippen LogP contribution in [-0.2, 0) is 0 Å². The van der Waals surface area contributed by atoms with Crippen LogP contribution < -0.4 is 0 Å². The molecule has 0 aromatic heterocycles. The topological polar surface area (TPSA) is 44.0 Å². The van der Waals surface area contributed by atoms with Crippen molar-refractivity contribution in [1.82, 2.24) is 0 Å². The van der Waals surface area contributed by atoms with Gasteiger partial charge in [-0.2, -0.15) is 5.26 Å². The largest absolute Gasteiger partial charge is 0.387 e. The number of aliphatic hydroxyl groups excluding tert-OH is 1. The molecule has 0 heterocycles. The Morgan fingerprint density at radius 3 is 2.85 bits per heavy atom. The first kappa shape index (κ1) is 9.69. The first-order valence-electron chi connectivity index (χ1n) is 3.97. The first-order chi connectivity index (χ1) is 6.16. The van der Waals surface area contributed by atoms with Gasteiger partial charge in [-0.3, -0.25) is 0 Å². The van der Waals surface area contributed by atoms with Crippen molar-refractivity contribution in [2.45, 2.75) is 19.4 Å². The number of hydrogen-bond acceptors (Lipinski definition) is 2. The summed E-state index contributed by atoms with van der Waals surface area (Å²) in [4.78, 5) is 0. The summed E-state index contributed by atoms with van der Waals surface area (Å²) >= 11 is 0. The summed E-state index contributed by atoms with van der Waals surface area (Å²) in [6.07, 6.45) is -1.10. The van der Waals surface area contributed by atoms with Crippen LogP contribution in [0.25, 0.3) is 0 Å². The second-order valence-corrected chi connectivity index (χ2v) is 2.85. The van der Waals surface area contributed by atoms with Crippen molar-refractivity contribution < 1.29 is 9.50 Å². The summed E-state index contributed by atoms with van der Waals surface area (Å²) in [5.74, 6) is -0.456. The van der Waals surface area contributed by atoms with Gasteiger partial charge in [0.05, 0.1) is 18.6 Å². The van der Waals surface area contributed by atoms with Gasteiger partial charge in [0.15, 0.2) is 0 Å². The number of rotatable bonds is 2. The minimum Gasteiger partial charge on any atom is -0.387 e. The summed E-state index contributed by atoms with van der Waals surface area (Å²) in [5.41, 5.74) is 0.895. The zero-order valence-electron chi connectivity index (χ0n) is 7.29. The Morgan fingerprint density at radius 2 is 2.31 bits per heavy atom. The minimum absolute atomic E-state index is 0.0816. The number of aliphatic hydroxyl groups is 1. The molecule has 0 saturated heterocycles. The molecule has 3 heteroatoms. The minimum atomic E-state index is -1.02. The third-order valence-corrected chi connectivity index (χ3v) is 1.89. The van der Waals surface area contributed by atoms with E-state index in [0.29, 0.717) is 5.56 Å². The Morgan fingerprint density at radius 1 is 1.62 bits per heavy atom. The molecule has 0 bridgehead atoms. The van der Waals surface area contributed by atoms with Crippen LogP contribution in [0.15, 0.2) is 18.2 Å². The molecule has 1 unspecified atom stereocenters. The van der Waals surface area contributed by atoms with E-state index in [1.165, 1.54) is 6.07 Å². The van der Waals surface area contributed by atoms with Gasteiger partial charge in [0.25, 0.3) is 0 Å². The number of hydrogen-bond donors (Lipinski definition) is 1. The number of nitrogens with zero attached hydrogens (tertiary/aromatic N) is 1. The summed E-state index contributed by atoms with van der Waals surface area (Å²) in [6, 6.07) is 6.37. The average Bonchev–Trinajstić information content (AvgIpc) is 2.04. The lowest BCUT2D eigenvalue weighted by Crippen LogP contribution is -2.02. The van der Waals surface area contributed by atoms with Gasteiger partial charge in [-0.15, -0.1) is 0 Å². The standard InChI is InChI=1S/C10H10FNO/c1-7-3-2-4-8(11)10(7)9(13)5-6-12/h2-4,9,13H,5H2,1H3. The fourth-order valence-corrected chi connectivity index (χ4v) is 1.26. The van der Waals surface area contributed by atoms with Crippen LogP contribution in [0.1, 0.15) is 23.7 Å². The Labute approximate surface area is 76.2 Å². The molecule has 0 spiro atoms. The third-order valence-electron chi connectivity index (χ3n) is 1.89. The molecule has 0 aliphatic carbocycles. The summed E-state index contributed by atoms with van der Waals surface area (Å²) in [5, 5.41) is 17.8. The molecule has 13 heavy (non-hydrogen) atoms. The quantitative estimate of drug-likeness (QED) is 0.755. The summed E-state index contributed by atoms with van der Waals surface area (Å²) in [6.45, 7) is 1.71. The van der Waals surface area contributed by atoms with Crippen LogP contribution in [0.4, 0.5) is 4.39 Å². The van der Waals surface area contributed by atoms with Crippen molar-refractivity contribution in [2.24, 2.45) is 0 Å². The van der Waals surface area contributed by atoms with Gasteiger partial charge in [0, 0.05) is 5.56 Å². The summed E-state index contributed by atoms with van der Waals surface area (Å²) in [7, 11) is 0. The van der Waals surface area contributed by atoms with E-state index in [9.17, 15) is 9.50 Å². The fourth-order valence-electron chi connectivity index (χ4n) is 1.26. The maximum Gasteiger partial charge on any atom is 0.129 e. The van der Waals surface area contributed by atoms with Crippen LogP contribution >= 0.6 is 0 Å². The molecule has 0 radical (unpaired) electrons. The maximum atomic E-state index is 13.2. The van der Waals surface area contributed by atoms with Gasteiger partial charge < -0.3 is 5.11 Å². The van der Waals surface area contributed by atoms with Crippen molar-refractivity contribution in [3.05, 3.63) is 35.1 Å². The molecule has 0 amide bonds. The maximum absolute atomic E-state index is 13.2. The highest BCUT2D eigenvalue weighted by Gasteiger charge is 2.14. The Kier molecular flexibility index (Phi) is 2.99. The van der Waals surface area contributed by atoms with Crippen molar-refractivity contribution in [1.29, 1.82) is 5.26 Å². The van der Waals surface area contributed by atoms with Crippen LogP contribution in [-0.4, -0.2) is 5.11 Å². The van der Waals surface area contributed by atoms with Gasteiger partial charge in [0.1, 0.15) is 5.82 Å². The molecular weight excluding hydrogens is 169 g/mol. The summed E-state index contributed by atoms with van der Waals surface area (Å²) < 4.78 is 13.2. The Hall–Kier alpha value is -1.40. The lowest BCUT2D eigenvalue weighted by Gasteiger charge is -2.10. The van der Waals surface area contributed by atoms with Crippen molar-refractivity contribution in [3.63, 3.8) is 0 Å². The second-order valence-electron chi connectivity index (χ2n) is 2.85. The van der Waals surface area contributed by atoms with Gasteiger partial charge in [-0.05, 0) is 18.6 Å². The molecule has 0 aliphatic rings. The molecule has 1 N–H and O–H groups in total. The zero-order valence-corrected chi connectivity index (χ0v) is 7.29.